The average Bonchev–Trinajstić information content (AvgIpc) is 2.74. The average molecular weight is 583 g/mol. The molecule has 242 valence electrons. The summed E-state index contributed by atoms with van der Waals surface area (Å²) in [6.45, 7) is 9.86. The third-order valence-corrected chi connectivity index (χ3v) is 11.0. The maximum atomic E-state index is 12.4. The van der Waals surface area contributed by atoms with Crippen LogP contribution in [0.2, 0.25) is 0 Å². The molecular weight excluding hydrogens is 516 g/mol. The fourth-order valence-electron chi connectivity index (χ4n) is 9.46. The Bertz CT molecular complexity index is 880. The van der Waals surface area contributed by atoms with E-state index in [0.717, 1.165) is 64.2 Å². The van der Waals surface area contributed by atoms with E-state index < -0.39 is 16.6 Å². The maximum absolute atomic E-state index is 12.4. The van der Waals surface area contributed by atoms with Crippen molar-refractivity contribution in [3.63, 3.8) is 0 Å². The third kappa shape index (κ3) is 7.51. The highest BCUT2D eigenvalue weighted by atomic mass is 16.6. The lowest BCUT2D eigenvalue weighted by molar-refractivity contribution is -0.225. The van der Waals surface area contributed by atoms with Gasteiger partial charge in [0, 0.05) is 12.8 Å². The van der Waals surface area contributed by atoms with Crippen LogP contribution in [-0.4, -0.2) is 44.6 Å². The van der Waals surface area contributed by atoms with Crippen LogP contribution < -0.4 is 0 Å². The Balaban J connectivity index is 0.000000374. The first-order valence-electron chi connectivity index (χ1n) is 15.1. The van der Waals surface area contributed by atoms with Crippen LogP contribution in [0.15, 0.2) is 0 Å². The Labute approximate surface area is 252 Å². The smallest absolute Gasteiger partial charge is 0.312 e. The van der Waals surface area contributed by atoms with Crippen LogP contribution in [0.5, 0.6) is 0 Å². The molecule has 8 bridgehead atoms. The van der Waals surface area contributed by atoms with E-state index in [1.54, 1.807) is 0 Å². The van der Waals surface area contributed by atoms with E-state index in [-0.39, 0.29) is 58.8 Å². The van der Waals surface area contributed by atoms with Gasteiger partial charge in [0.25, 0.3) is 0 Å². The SMILES string of the molecule is C.C.C.C.CCC(C)(C)C(=O)OC12CC3CC(CC(O)(C3)C1)C2.CCC(C)C(=O)OC12CC3CC(CC(O)(C3)C1)C2. The molecule has 0 aromatic rings. The van der Waals surface area contributed by atoms with Crippen molar-refractivity contribution in [3.05, 3.63) is 0 Å². The molecule has 6 nitrogen and oxygen atoms in total. The molecule has 0 heterocycles. The topological polar surface area (TPSA) is 93.1 Å². The molecule has 8 aliphatic carbocycles. The minimum Gasteiger partial charge on any atom is -0.459 e. The zero-order valence-electron chi connectivity index (χ0n) is 23.8. The monoisotopic (exact) mass is 582 g/mol. The Morgan fingerprint density at radius 1 is 0.732 bits per heavy atom. The van der Waals surface area contributed by atoms with Gasteiger partial charge in [0.2, 0.25) is 0 Å². The summed E-state index contributed by atoms with van der Waals surface area (Å²) in [7, 11) is 0. The van der Waals surface area contributed by atoms with Gasteiger partial charge in [0.15, 0.2) is 0 Å². The van der Waals surface area contributed by atoms with Crippen molar-refractivity contribution >= 4 is 11.9 Å². The van der Waals surface area contributed by atoms with Gasteiger partial charge in [0.1, 0.15) is 11.2 Å². The molecule has 8 aliphatic rings. The van der Waals surface area contributed by atoms with Crippen LogP contribution in [0.25, 0.3) is 0 Å². The van der Waals surface area contributed by atoms with Crippen LogP contribution >= 0.6 is 0 Å². The van der Waals surface area contributed by atoms with Crippen molar-refractivity contribution in [1.29, 1.82) is 0 Å². The van der Waals surface area contributed by atoms with E-state index >= 15 is 0 Å². The van der Waals surface area contributed by atoms with Crippen LogP contribution in [-0.2, 0) is 19.1 Å². The molecule has 8 rings (SSSR count). The summed E-state index contributed by atoms with van der Waals surface area (Å²) in [4.78, 5) is 24.4. The van der Waals surface area contributed by atoms with Gasteiger partial charge >= 0.3 is 11.9 Å². The van der Waals surface area contributed by atoms with Crippen LogP contribution in [0, 0.1) is 35.0 Å². The standard InChI is InChI=1S/C16H26O3.C15H24O3.4CH4/c1-4-14(2,3)13(17)19-16-8-11-5-12(9-16)7-15(18,6-11)10-16;1-3-10(2)13(16)18-15-7-11-4-12(8-15)6-14(17,5-11)9-15;;;;/h11-12,18H,4-10H2,1-3H3;10-12,17H,3-9H2,1-2H3;4*1H4. The number of esters is 2. The molecule has 5 atom stereocenters. The molecule has 0 aromatic carbocycles. The molecule has 0 spiro atoms. The number of hydrogen-bond acceptors (Lipinski definition) is 6. The first-order valence-corrected chi connectivity index (χ1v) is 15.1. The molecule has 0 aliphatic heterocycles. The van der Waals surface area contributed by atoms with E-state index in [2.05, 4.69) is 0 Å². The molecule has 5 unspecified atom stereocenters. The Morgan fingerprint density at radius 3 is 1.41 bits per heavy atom. The largest absolute Gasteiger partial charge is 0.459 e. The number of rotatable bonds is 6. The van der Waals surface area contributed by atoms with Gasteiger partial charge < -0.3 is 19.7 Å². The van der Waals surface area contributed by atoms with Gasteiger partial charge in [-0.15, -0.1) is 0 Å². The molecular formula is C35H66O6. The second-order valence-electron chi connectivity index (χ2n) is 15.1. The highest BCUT2D eigenvalue weighted by Crippen LogP contribution is 2.60. The summed E-state index contributed by atoms with van der Waals surface area (Å²) in [6.07, 6.45) is 13.0. The molecule has 6 heteroatoms. The fourth-order valence-corrected chi connectivity index (χ4v) is 9.46. The van der Waals surface area contributed by atoms with Crippen molar-refractivity contribution in [2.75, 3.05) is 0 Å². The minimum atomic E-state index is -0.555. The predicted octanol–water partition coefficient (Wildman–Crippen LogP) is 8.25. The van der Waals surface area contributed by atoms with E-state index in [9.17, 15) is 19.8 Å². The van der Waals surface area contributed by atoms with Crippen molar-refractivity contribution in [2.24, 2.45) is 35.0 Å². The lowest BCUT2D eigenvalue weighted by atomic mass is 9.52. The highest BCUT2D eigenvalue weighted by molar-refractivity contribution is 5.76. The fraction of sp³-hybridized carbons (Fsp3) is 0.943. The molecule has 8 saturated carbocycles. The molecule has 8 fully saturated rings. The number of carbonyl (C=O) groups excluding carboxylic acids is 2. The summed E-state index contributed by atoms with van der Waals surface area (Å²) in [5.41, 5.74) is -2.20. The second-order valence-corrected chi connectivity index (χ2v) is 15.1. The zero-order chi connectivity index (χ0) is 26.9. The van der Waals surface area contributed by atoms with Gasteiger partial charge in [-0.05, 0) is 115 Å². The normalized spacial score (nSPS) is 41.2. The Hall–Kier alpha value is -1.14. The number of carbonyl (C=O) groups is 2. The number of hydrogen-bond donors (Lipinski definition) is 2. The lowest BCUT2D eigenvalue weighted by Crippen LogP contribution is -2.61. The summed E-state index contributed by atoms with van der Waals surface area (Å²) in [5, 5.41) is 21.2. The predicted molar refractivity (Wildman–Crippen MR) is 167 cm³/mol. The molecule has 0 amide bonds. The molecule has 0 aromatic heterocycles. The number of ether oxygens (including phenoxy) is 2. The van der Waals surface area contributed by atoms with Crippen molar-refractivity contribution in [3.8, 4) is 0 Å². The first kappa shape index (κ1) is 37.9. The first-order chi connectivity index (χ1) is 17.2. The van der Waals surface area contributed by atoms with Gasteiger partial charge in [-0.25, -0.2) is 0 Å². The summed E-state index contributed by atoms with van der Waals surface area (Å²) in [5.74, 6) is 2.09. The Morgan fingerprint density at radius 2 is 1.10 bits per heavy atom. The molecule has 41 heavy (non-hydrogen) atoms. The summed E-state index contributed by atoms with van der Waals surface area (Å²) in [6, 6.07) is 0. The van der Waals surface area contributed by atoms with E-state index in [0.29, 0.717) is 36.5 Å². The van der Waals surface area contributed by atoms with Gasteiger partial charge in [0.05, 0.1) is 22.5 Å². The van der Waals surface area contributed by atoms with Gasteiger partial charge in [-0.2, -0.15) is 0 Å². The lowest BCUT2D eigenvalue weighted by Gasteiger charge is -2.59. The van der Waals surface area contributed by atoms with E-state index in [1.165, 1.54) is 12.8 Å². The summed E-state index contributed by atoms with van der Waals surface area (Å²) < 4.78 is 11.8. The number of aliphatic hydroxyl groups is 2. The highest BCUT2D eigenvalue weighted by Gasteiger charge is 2.60. The van der Waals surface area contributed by atoms with Gasteiger partial charge in [-0.3, -0.25) is 9.59 Å². The van der Waals surface area contributed by atoms with E-state index in [1.807, 2.05) is 34.6 Å². The second kappa shape index (κ2) is 12.8. The van der Waals surface area contributed by atoms with Crippen molar-refractivity contribution in [2.45, 2.75) is 177 Å². The van der Waals surface area contributed by atoms with Crippen LogP contribution in [0.3, 0.4) is 0 Å². The zero-order valence-corrected chi connectivity index (χ0v) is 23.8. The van der Waals surface area contributed by atoms with Crippen molar-refractivity contribution < 1.29 is 29.3 Å². The Kier molecular flexibility index (Phi) is 11.9. The molecule has 2 N–H and O–H groups in total. The minimum absolute atomic E-state index is 0. The molecule has 0 saturated heterocycles. The van der Waals surface area contributed by atoms with E-state index in [4.69, 9.17) is 9.47 Å². The molecule has 0 radical (unpaired) electrons. The van der Waals surface area contributed by atoms with Crippen molar-refractivity contribution in [1.82, 2.24) is 0 Å². The quantitative estimate of drug-likeness (QED) is 0.306. The van der Waals surface area contributed by atoms with Crippen LogP contribution in [0.4, 0.5) is 0 Å². The third-order valence-electron chi connectivity index (χ3n) is 11.0. The van der Waals surface area contributed by atoms with Crippen LogP contribution in [0.1, 0.15) is 154 Å². The summed E-state index contributed by atoms with van der Waals surface area (Å²) >= 11 is 0. The van der Waals surface area contributed by atoms with Gasteiger partial charge in [-0.1, -0.05) is 50.5 Å². The maximum Gasteiger partial charge on any atom is 0.312 e.